The van der Waals surface area contributed by atoms with Gasteiger partial charge >= 0.3 is 6.18 Å². The summed E-state index contributed by atoms with van der Waals surface area (Å²) in [4.78, 5) is 24.2. The Morgan fingerprint density at radius 2 is 1.87 bits per heavy atom. The molecule has 0 radical (unpaired) electrons. The zero-order valence-corrected chi connectivity index (χ0v) is 22.0. The number of carbonyl (C=O) groups is 1. The SMILES string of the molecule is CN1CCN(CCOc2ccc(N3C(=S)N(c4cnc(C#N)c(C(F)(F)F)c4)C(=O)C34CCC4)cc2F)CC1. The summed E-state index contributed by atoms with van der Waals surface area (Å²) in [5.74, 6) is -1.07. The molecule has 0 atom stereocenters. The number of amides is 1. The van der Waals surface area contributed by atoms with Gasteiger partial charge in [-0.3, -0.25) is 14.6 Å². The molecule has 2 aromatic rings. The summed E-state index contributed by atoms with van der Waals surface area (Å²) < 4.78 is 61.5. The lowest BCUT2D eigenvalue weighted by Gasteiger charge is -2.43. The first-order chi connectivity index (χ1) is 18.5. The third-order valence-corrected chi connectivity index (χ3v) is 7.94. The highest BCUT2D eigenvalue weighted by Gasteiger charge is 2.60. The summed E-state index contributed by atoms with van der Waals surface area (Å²) in [6, 6.07) is 6.42. The lowest BCUT2D eigenvalue weighted by atomic mass is 9.75. The second kappa shape index (κ2) is 10.3. The van der Waals surface area contributed by atoms with Crippen molar-refractivity contribution < 1.29 is 27.1 Å². The van der Waals surface area contributed by atoms with Gasteiger partial charge in [-0.15, -0.1) is 0 Å². The molecule has 206 valence electrons. The van der Waals surface area contributed by atoms with Crippen LogP contribution in [-0.4, -0.2) is 77.7 Å². The van der Waals surface area contributed by atoms with Crippen LogP contribution in [0.4, 0.5) is 28.9 Å². The second-order valence-corrected chi connectivity index (χ2v) is 10.3. The fourth-order valence-electron chi connectivity index (χ4n) is 5.19. The van der Waals surface area contributed by atoms with Crippen molar-refractivity contribution in [3.8, 4) is 11.8 Å². The number of nitriles is 1. The second-order valence-electron chi connectivity index (χ2n) is 9.95. The molecule has 1 aromatic carbocycles. The van der Waals surface area contributed by atoms with Crippen LogP contribution in [0.15, 0.2) is 30.5 Å². The van der Waals surface area contributed by atoms with Crippen molar-refractivity contribution in [2.24, 2.45) is 0 Å². The number of aromatic nitrogens is 1. The van der Waals surface area contributed by atoms with Crippen LogP contribution in [0.2, 0.25) is 0 Å². The summed E-state index contributed by atoms with van der Waals surface area (Å²) in [5, 5.41) is 8.98. The Labute approximate surface area is 228 Å². The highest BCUT2D eigenvalue weighted by molar-refractivity contribution is 7.81. The molecule has 3 heterocycles. The molecule has 1 saturated carbocycles. The first-order valence-corrected chi connectivity index (χ1v) is 13.0. The Morgan fingerprint density at radius 1 is 1.15 bits per heavy atom. The predicted molar refractivity (Wildman–Crippen MR) is 139 cm³/mol. The van der Waals surface area contributed by atoms with Gasteiger partial charge in [-0.1, -0.05) is 0 Å². The number of thiocarbonyl (C=S) groups is 1. The van der Waals surface area contributed by atoms with Gasteiger partial charge in [-0.25, -0.2) is 9.37 Å². The quantitative estimate of drug-likeness (QED) is 0.389. The predicted octanol–water partition coefficient (Wildman–Crippen LogP) is 3.80. The summed E-state index contributed by atoms with van der Waals surface area (Å²) in [6.07, 6.45) is -2.32. The third kappa shape index (κ3) is 4.92. The molecule has 5 rings (SSSR count). The zero-order chi connectivity index (χ0) is 27.9. The average molecular weight is 563 g/mol. The number of hydrogen-bond acceptors (Lipinski definition) is 7. The summed E-state index contributed by atoms with van der Waals surface area (Å²) in [7, 11) is 2.07. The maximum atomic E-state index is 15.1. The van der Waals surface area contributed by atoms with E-state index >= 15 is 4.39 Å². The van der Waals surface area contributed by atoms with Gasteiger partial charge in [-0.05, 0) is 56.7 Å². The van der Waals surface area contributed by atoms with Crippen LogP contribution < -0.4 is 14.5 Å². The van der Waals surface area contributed by atoms with Gasteiger partial charge in [0.1, 0.15) is 18.2 Å². The molecule has 3 aliphatic rings. The molecule has 39 heavy (non-hydrogen) atoms. The molecule has 13 heteroatoms. The van der Waals surface area contributed by atoms with Crippen molar-refractivity contribution in [1.82, 2.24) is 14.8 Å². The minimum Gasteiger partial charge on any atom is -0.489 e. The molecule has 3 fully saturated rings. The first kappa shape index (κ1) is 27.2. The van der Waals surface area contributed by atoms with Gasteiger partial charge in [0.2, 0.25) is 0 Å². The number of nitrogens with zero attached hydrogens (tertiary/aromatic N) is 6. The fourth-order valence-corrected chi connectivity index (χ4v) is 5.66. The number of rotatable bonds is 6. The van der Waals surface area contributed by atoms with Gasteiger partial charge in [0.25, 0.3) is 5.91 Å². The molecule has 1 aliphatic carbocycles. The van der Waals surface area contributed by atoms with Crippen LogP contribution in [-0.2, 0) is 11.0 Å². The summed E-state index contributed by atoms with van der Waals surface area (Å²) >= 11 is 5.57. The first-order valence-electron chi connectivity index (χ1n) is 12.5. The monoisotopic (exact) mass is 562 g/mol. The molecular formula is C26H26F4N6O2S. The van der Waals surface area contributed by atoms with Crippen LogP contribution in [0.5, 0.6) is 5.75 Å². The number of pyridine rings is 1. The van der Waals surface area contributed by atoms with E-state index in [-0.39, 0.29) is 16.5 Å². The molecule has 1 aromatic heterocycles. The van der Waals surface area contributed by atoms with Crippen LogP contribution in [0.3, 0.4) is 0 Å². The molecule has 0 N–H and O–H groups in total. The van der Waals surface area contributed by atoms with Crippen molar-refractivity contribution >= 4 is 34.6 Å². The number of ether oxygens (including phenoxy) is 1. The van der Waals surface area contributed by atoms with Crippen molar-refractivity contribution in [2.75, 3.05) is 56.2 Å². The van der Waals surface area contributed by atoms with E-state index < -0.39 is 34.7 Å². The number of hydrogen-bond donors (Lipinski definition) is 0. The summed E-state index contributed by atoms with van der Waals surface area (Å²) in [5.41, 5.74) is -3.08. The van der Waals surface area contributed by atoms with Gasteiger partial charge in [0, 0.05) is 44.5 Å². The number of anilines is 2. The third-order valence-electron chi connectivity index (χ3n) is 7.57. The molecular weight excluding hydrogens is 536 g/mol. The maximum absolute atomic E-state index is 15.1. The van der Waals surface area contributed by atoms with E-state index in [0.717, 1.165) is 37.3 Å². The molecule has 2 saturated heterocycles. The Kier molecular flexibility index (Phi) is 7.21. The maximum Gasteiger partial charge on any atom is 0.419 e. The fraction of sp³-hybridized carbons (Fsp3) is 0.462. The van der Waals surface area contributed by atoms with Crippen molar-refractivity contribution in [2.45, 2.75) is 31.0 Å². The molecule has 0 unspecified atom stereocenters. The standard InChI is InChI=1S/C26H26F4N6O2S/c1-33-7-9-34(10-8-33)11-12-38-22-4-3-17(14-20(22)27)36-24(39)35(23(37)25(36)5-2-6-25)18-13-19(26(28,29)30)21(15-31)32-16-18/h3-4,13-14,16H,2,5-12H2,1H3. The van der Waals surface area contributed by atoms with Crippen molar-refractivity contribution in [1.29, 1.82) is 5.26 Å². The molecule has 1 amide bonds. The van der Waals surface area contributed by atoms with Gasteiger partial charge in [-0.2, -0.15) is 18.4 Å². The average Bonchev–Trinajstić information content (AvgIpc) is 3.12. The Balaban J connectivity index is 1.38. The summed E-state index contributed by atoms with van der Waals surface area (Å²) in [6.45, 7) is 4.74. The number of carbonyl (C=O) groups excluding carboxylic acids is 1. The molecule has 0 bridgehead atoms. The number of halogens is 4. The van der Waals surface area contributed by atoms with Crippen LogP contribution >= 0.6 is 12.2 Å². The van der Waals surface area contributed by atoms with E-state index in [1.807, 2.05) is 0 Å². The lowest BCUT2D eigenvalue weighted by Crippen LogP contribution is -2.55. The van der Waals surface area contributed by atoms with Gasteiger partial charge in [0.05, 0.1) is 17.4 Å². The van der Waals surface area contributed by atoms with E-state index in [2.05, 4.69) is 21.8 Å². The largest absolute Gasteiger partial charge is 0.489 e. The van der Waals surface area contributed by atoms with Crippen molar-refractivity contribution in [3.05, 3.63) is 47.5 Å². The van der Waals surface area contributed by atoms with Gasteiger partial charge in [0.15, 0.2) is 22.4 Å². The van der Waals surface area contributed by atoms with E-state index in [1.165, 1.54) is 23.1 Å². The van der Waals surface area contributed by atoms with Crippen LogP contribution in [0, 0.1) is 17.1 Å². The molecule has 1 spiro atoms. The Bertz CT molecular complexity index is 1330. The minimum atomic E-state index is -4.85. The Morgan fingerprint density at radius 3 is 2.46 bits per heavy atom. The topological polar surface area (TPSA) is 75.9 Å². The number of likely N-dealkylation sites (N-methyl/N-ethyl adjacent to an activating group) is 1. The number of piperazine rings is 1. The zero-order valence-electron chi connectivity index (χ0n) is 21.2. The lowest BCUT2D eigenvalue weighted by molar-refractivity contribution is -0.138. The highest BCUT2D eigenvalue weighted by Crippen LogP contribution is 2.48. The number of benzene rings is 1. The Hall–Kier alpha value is -3.34. The van der Waals surface area contributed by atoms with E-state index in [0.29, 0.717) is 44.2 Å². The van der Waals surface area contributed by atoms with Crippen molar-refractivity contribution in [3.63, 3.8) is 0 Å². The smallest absolute Gasteiger partial charge is 0.419 e. The number of alkyl halides is 3. The van der Waals surface area contributed by atoms with E-state index in [9.17, 15) is 18.0 Å². The normalized spacial score (nSPS) is 19.9. The molecule has 8 nitrogen and oxygen atoms in total. The van der Waals surface area contributed by atoms with Gasteiger partial charge < -0.3 is 14.5 Å². The molecule has 2 aliphatic heterocycles. The highest BCUT2D eigenvalue weighted by atomic mass is 32.1. The van der Waals surface area contributed by atoms with Crippen LogP contribution in [0.1, 0.15) is 30.5 Å². The van der Waals surface area contributed by atoms with Crippen LogP contribution in [0.25, 0.3) is 0 Å². The minimum absolute atomic E-state index is 0.0648. The van der Waals surface area contributed by atoms with E-state index in [1.54, 1.807) is 6.07 Å². The van der Waals surface area contributed by atoms with E-state index in [4.69, 9.17) is 22.2 Å².